The average Bonchev–Trinajstić information content (AvgIpc) is 2.48. The topological polar surface area (TPSA) is 82.3 Å². The highest BCUT2D eigenvalue weighted by atomic mass is 16.3. The lowest BCUT2D eigenvalue weighted by molar-refractivity contribution is 0.0925. The van der Waals surface area contributed by atoms with Crippen LogP contribution >= 0.6 is 0 Å². The fourth-order valence-corrected chi connectivity index (χ4v) is 2.38. The van der Waals surface area contributed by atoms with Crippen LogP contribution in [0.5, 0.6) is 0 Å². The number of nitrogens with one attached hydrogen (secondary N) is 1. The molecular weight excluding hydrogens is 242 g/mol. The molecule has 0 aromatic heterocycles. The molecule has 0 radical (unpaired) electrons. The maximum Gasteiger partial charge on any atom is 0.253 e. The van der Waals surface area contributed by atoms with Crippen molar-refractivity contribution in [2.24, 2.45) is 11.1 Å². The number of carbonyl (C=O) groups is 1. The normalized spacial score (nSPS) is 22.3. The molecular formula is C14H15N3O2. The van der Waals surface area contributed by atoms with Crippen LogP contribution in [0, 0.1) is 22.2 Å². The highest BCUT2D eigenvalue weighted by molar-refractivity contribution is 5.99. The Kier molecular flexibility index (Phi) is 4.24. The van der Waals surface area contributed by atoms with Crippen molar-refractivity contribution in [3.8, 4) is 6.07 Å². The Morgan fingerprint density at radius 2 is 1.95 bits per heavy atom. The van der Waals surface area contributed by atoms with Gasteiger partial charge in [0.15, 0.2) is 0 Å². The number of rotatable bonds is 3. The first-order valence-corrected chi connectivity index (χ1v) is 6.37. The number of carbonyl (C=O) groups excluding carboxylic acids is 1. The van der Waals surface area contributed by atoms with Crippen molar-refractivity contribution in [3.05, 3.63) is 34.7 Å². The lowest BCUT2D eigenvalue weighted by Gasteiger charge is -2.25. The molecule has 1 aliphatic carbocycles. The van der Waals surface area contributed by atoms with Crippen LogP contribution in [0.25, 0.3) is 0 Å². The molecule has 0 unspecified atom stereocenters. The first-order valence-electron chi connectivity index (χ1n) is 6.37. The van der Waals surface area contributed by atoms with Gasteiger partial charge < -0.3 is 5.32 Å². The quantitative estimate of drug-likeness (QED) is 0.845. The minimum absolute atomic E-state index is 0.0804. The van der Waals surface area contributed by atoms with Gasteiger partial charge in [0.1, 0.15) is 5.69 Å². The van der Waals surface area contributed by atoms with E-state index in [9.17, 15) is 9.70 Å². The molecule has 1 fully saturated rings. The van der Waals surface area contributed by atoms with Gasteiger partial charge in [0, 0.05) is 12.0 Å². The molecule has 0 atom stereocenters. The summed E-state index contributed by atoms with van der Waals surface area (Å²) in [7, 11) is 0. The Balaban J connectivity index is 1.98. The fraction of sp³-hybridized carbons (Fsp3) is 0.429. The molecule has 1 amide bonds. The Morgan fingerprint density at radius 1 is 1.26 bits per heavy atom. The summed E-state index contributed by atoms with van der Waals surface area (Å²) in [6.45, 7) is 0. The third-order valence-corrected chi connectivity index (χ3v) is 3.49. The second-order valence-corrected chi connectivity index (χ2v) is 4.76. The van der Waals surface area contributed by atoms with E-state index in [0.29, 0.717) is 5.56 Å². The van der Waals surface area contributed by atoms with Gasteiger partial charge in [-0.15, -0.1) is 4.91 Å². The number of nitroso groups, excluding NO2 is 1. The Labute approximate surface area is 111 Å². The number of amides is 1. The highest BCUT2D eigenvalue weighted by Gasteiger charge is 2.23. The van der Waals surface area contributed by atoms with Crippen LogP contribution in [-0.4, -0.2) is 11.9 Å². The summed E-state index contributed by atoms with van der Waals surface area (Å²) in [5.74, 6) is -0.160. The van der Waals surface area contributed by atoms with Crippen LogP contribution in [0.1, 0.15) is 36.0 Å². The molecule has 1 aromatic carbocycles. The van der Waals surface area contributed by atoms with E-state index in [1.54, 1.807) is 18.2 Å². The largest absolute Gasteiger partial charge is 0.349 e. The van der Waals surface area contributed by atoms with E-state index in [0.717, 1.165) is 25.7 Å². The summed E-state index contributed by atoms with van der Waals surface area (Å²) in [5, 5.41) is 14.6. The van der Waals surface area contributed by atoms with Crippen LogP contribution in [0.2, 0.25) is 0 Å². The minimum Gasteiger partial charge on any atom is -0.349 e. The van der Waals surface area contributed by atoms with Crippen LogP contribution < -0.4 is 5.32 Å². The number of hydrogen-bond acceptors (Lipinski definition) is 4. The van der Waals surface area contributed by atoms with Crippen molar-refractivity contribution in [2.45, 2.75) is 31.7 Å². The molecule has 1 aromatic rings. The summed E-state index contributed by atoms with van der Waals surface area (Å²) in [4.78, 5) is 22.7. The average molecular weight is 257 g/mol. The zero-order chi connectivity index (χ0) is 13.7. The smallest absolute Gasteiger partial charge is 0.253 e. The van der Waals surface area contributed by atoms with Gasteiger partial charge in [0.2, 0.25) is 0 Å². The highest BCUT2D eigenvalue weighted by Crippen LogP contribution is 2.24. The summed E-state index contributed by atoms with van der Waals surface area (Å²) in [6.07, 6.45) is 3.24. The van der Waals surface area contributed by atoms with Gasteiger partial charge in [-0.2, -0.15) is 5.26 Å². The fourth-order valence-electron chi connectivity index (χ4n) is 2.38. The molecule has 2 rings (SSSR count). The minimum atomic E-state index is -0.268. The maximum atomic E-state index is 12.1. The van der Waals surface area contributed by atoms with Crippen LogP contribution in [0.4, 0.5) is 5.69 Å². The van der Waals surface area contributed by atoms with E-state index in [4.69, 9.17) is 5.26 Å². The van der Waals surface area contributed by atoms with Gasteiger partial charge in [0.25, 0.3) is 5.91 Å². The predicted molar refractivity (Wildman–Crippen MR) is 70.7 cm³/mol. The van der Waals surface area contributed by atoms with Crippen molar-refractivity contribution >= 4 is 11.6 Å². The Hall–Kier alpha value is -2.22. The van der Waals surface area contributed by atoms with Crippen molar-refractivity contribution < 1.29 is 4.79 Å². The summed E-state index contributed by atoms with van der Waals surface area (Å²) in [6, 6.07) is 8.83. The number of hydrogen-bond donors (Lipinski definition) is 1. The first kappa shape index (κ1) is 13.2. The molecule has 0 aliphatic heterocycles. The molecule has 0 heterocycles. The predicted octanol–water partition coefficient (Wildman–Crippen LogP) is 2.90. The summed E-state index contributed by atoms with van der Waals surface area (Å²) >= 11 is 0. The third-order valence-electron chi connectivity index (χ3n) is 3.49. The van der Waals surface area contributed by atoms with E-state index < -0.39 is 0 Å². The van der Waals surface area contributed by atoms with Crippen molar-refractivity contribution in [1.82, 2.24) is 5.32 Å². The van der Waals surface area contributed by atoms with E-state index >= 15 is 0 Å². The van der Waals surface area contributed by atoms with Crippen molar-refractivity contribution in [2.75, 3.05) is 0 Å². The molecule has 1 aliphatic rings. The zero-order valence-electron chi connectivity index (χ0n) is 10.5. The Bertz CT molecular complexity index is 514. The molecule has 0 saturated heterocycles. The molecule has 5 nitrogen and oxygen atoms in total. The van der Waals surface area contributed by atoms with Crippen LogP contribution in [0.15, 0.2) is 29.4 Å². The first-order chi connectivity index (χ1) is 9.24. The monoisotopic (exact) mass is 257 g/mol. The van der Waals surface area contributed by atoms with E-state index in [2.05, 4.69) is 16.6 Å². The number of nitriles is 1. The van der Waals surface area contributed by atoms with E-state index in [-0.39, 0.29) is 23.6 Å². The summed E-state index contributed by atoms with van der Waals surface area (Å²) in [5.41, 5.74) is 0.464. The second kappa shape index (κ2) is 6.10. The van der Waals surface area contributed by atoms with Gasteiger partial charge in [-0.1, -0.05) is 12.1 Å². The Morgan fingerprint density at radius 3 is 2.58 bits per heavy atom. The van der Waals surface area contributed by atoms with Gasteiger partial charge in [0.05, 0.1) is 11.6 Å². The molecule has 1 N–H and O–H groups in total. The second-order valence-electron chi connectivity index (χ2n) is 4.76. The molecule has 0 spiro atoms. The molecule has 19 heavy (non-hydrogen) atoms. The van der Waals surface area contributed by atoms with Gasteiger partial charge >= 0.3 is 0 Å². The van der Waals surface area contributed by atoms with Gasteiger partial charge in [-0.25, -0.2) is 0 Å². The van der Waals surface area contributed by atoms with E-state index in [1.165, 1.54) is 6.07 Å². The van der Waals surface area contributed by atoms with Gasteiger partial charge in [-0.3, -0.25) is 4.79 Å². The lowest BCUT2D eigenvalue weighted by atomic mass is 9.87. The molecule has 1 saturated carbocycles. The number of benzene rings is 1. The van der Waals surface area contributed by atoms with Gasteiger partial charge in [-0.05, 0) is 43.0 Å². The number of nitrogens with zero attached hydrogens (tertiary/aromatic N) is 2. The zero-order valence-corrected chi connectivity index (χ0v) is 10.5. The maximum absolute atomic E-state index is 12.1. The van der Waals surface area contributed by atoms with Crippen molar-refractivity contribution in [1.29, 1.82) is 5.26 Å². The van der Waals surface area contributed by atoms with Crippen molar-refractivity contribution in [3.63, 3.8) is 0 Å². The van der Waals surface area contributed by atoms with Crippen LogP contribution in [-0.2, 0) is 0 Å². The molecule has 5 heteroatoms. The molecule has 0 bridgehead atoms. The standard InChI is InChI=1S/C14H15N3O2/c15-9-10-5-7-11(8-6-10)16-14(18)12-3-1-2-4-13(12)17-19/h1-4,10-11H,5-8H2,(H,16,18)/t10-,11+. The lowest BCUT2D eigenvalue weighted by Crippen LogP contribution is -2.37. The third kappa shape index (κ3) is 3.16. The van der Waals surface area contributed by atoms with Crippen LogP contribution in [0.3, 0.4) is 0 Å². The SMILES string of the molecule is N#C[C@H]1CC[C@@H](NC(=O)c2ccccc2N=O)CC1. The summed E-state index contributed by atoms with van der Waals surface area (Å²) < 4.78 is 0. The van der Waals surface area contributed by atoms with E-state index in [1.807, 2.05) is 0 Å². The molecule has 98 valence electrons.